The zero-order chi connectivity index (χ0) is 23.4. The van der Waals surface area contributed by atoms with E-state index in [4.69, 9.17) is 4.43 Å². The molecule has 0 unspecified atom stereocenters. The van der Waals surface area contributed by atoms with Gasteiger partial charge in [-0.1, -0.05) is 63.2 Å². The minimum Gasteiger partial charge on any atom is -0.544 e. The lowest BCUT2D eigenvalue weighted by atomic mass is 9.85. The van der Waals surface area contributed by atoms with Crippen molar-refractivity contribution in [2.24, 2.45) is 0 Å². The van der Waals surface area contributed by atoms with E-state index in [2.05, 4.69) is 50.9 Å². The molecule has 174 valence electrons. The van der Waals surface area contributed by atoms with Gasteiger partial charge in [-0.3, -0.25) is 9.69 Å². The summed E-state index contributed by atoms with van der Waals surface area (Å²) in [7, 11) is -1.86. The molecule has 0 radical (unpaired) electrons. The monoisotopic (exact) mass is 453 g/mol. The lowest BCUT2D eigenvalue weighted by molar-refractivity contribution is -0.120. The fraction of sp³-hybridized carbons (Fsp3) is 0.519. The second-order valence-corrected chi connectivity index (χ2v) is 15.6. The molecule has 0 bridgehead atoms. The van der Waals surface area contributed by atoms with Gasteiger partial charge < -0.3 is 9.53 Å². The number of ketones is 1. The molecule has 5 heteroatoms. The van der Waals surface area contributed by atoms with E-state index in [1.165, 1.54) is 5.56 Å². The van der Waals surface area contributed by atoms with E-state index in [0.717, 1.165) is 24.4 Å². The van der Waals surface area contributed by atoms with E-state index in [9.17, 15) is 9.90 Å². The maximum atomic E-state index is 12.6. The van der Waals surface area contributed by atoms with E-state index in [1.807, 2.05) is 42.5 Å². The largest absolute Gasteiger partial charge is 0.544 e. The van der Waals surface area contributed by atoms with Crippen LogP contribution in [0.5, 0.6) is 5.75 Å². The van der Waals surface area contributed by atoms with Crippen LogP contribution >= 0.6 is 0 Å². The number of carbonyl (C=O) groups excluding carboxylic acids is 1. The Hall–Kier alpha value is -1.95. The molecule has 1 N–H and O–H groups in total. The maximum absolute atomic E-state index is 12.6. The van der Waals surface area contributed by atoms with Crippen LogP contribution in [0.15, 0.2) is 54.6 Å². The highest BCUT2D eigenvalue weighted by atomic mass is 28.4. The van der Waals surface area contributed by atoms with E-state index in [0.29, 0.717) is 32.2 Å². The minimum atomic E-state index is -1.86. The molecular weight excluding hydrogens is 414 g/mol. The van der Waals surface area contributed by atoms with Crippen molar-refractivity contribution in [3.8, 4) is 5.75 Å². The van der Waals surface area contributed by atoms with Gasteiger partial charge in [0.15, 0.2) is 5.78 Å². The van der Waals surface area contributed by atoms with Gasteiger partial charge in [0, 0.05) is 25.9 Å². The molecule has 0 aliphatic carbocycles. The zero-order valence-electron chi connectivity index (χ0n) is 20.4. The molecule has 0 amide bonds. The zero-order valence-corrected chi connectivity index (χ0v) is 21.4. The second kappa shape index (κ2) is 9.90. The summed E-state index contributed by atoms with van der Waals surface area (Å²) in [5, 5.41) is 11.1. The third-order valence-corrected chi connectivity index (χ3v) is 11.4. The van der Waals surface area contributed by atoms with Crippen LogP contribution in [0.3, 0.4) is 0 Å². The number of piperidine rings is 1. The Bertz CT molecular complexity index is 879. The van der Waals surface area contributed by atoms with Crippen molar-refractivity contribution in [2.45, 2.75) is 70.2 Å². The predicted octanol–water partition coefficient (Wildman–Crippen LogP) is 5.25. The standard InChI is InChI=1S/C27H39NO3Si/c1-26(2,3)32(4,5)31-25-13-11-22(12-14-25)19-24(29)21-28-17-15-27(30,16-18-28)20-23-9-7-6-8-10-23/h6-14,30H,15-21H2,1-5H3. The van der Waals surface area contributed by atoms with Gasteiger partial charge >= 0.3 is 0 Å². The van der Waals surface area contributed by atoms with Gasteiger partial charge in [0.1, 0.15) is 5.75 Å². The Balaban J connectivity index is 1.46. The molecule has 3 rings (SSSR count). The first kappa shape index (κ1) is 24.7. The van der Waals surface area contributed by atoms with Crippen LogP contribution in [0.4, 0.5) is 0 Å². The van der Waals surface area contributed by atoms with Gasteiger partial charge in [-0.2, -0.15) is 0 Å². The number of hydrogen-bond acceptors (Lipinski definition) is 4. The van der Waals surface area contributed by atoms with Gasteiger partial charge in [0.25, 0.3) is 0 Å². The maximum Gasteiger partial charge on any atom is 0.250 e. The fourth-order valence-corrected chi connectivity index (χ4v) is 4.97. The SMILES string of the molecule is CC(C)(C)[Si](C)(C)Oc1ccc(CC(=O)CN2CCC(O)(Cc3ccccc3)CC2)cc1. The molecule has 4 nitrogen and oxygen atoms in total. The summed E-state index contributed by atoms with van der Waals surface area (Å²) in [6.07, 6.45) is 2.52. The molecule has 1 saturated heterocycles. The number of nitrogens with zero attached hydrogens (tertiary/aromatic N) is 1. The molecule has 0 saturated carbocycles. The molecule has 0 aromatic heterocycles. The molecule has 0 spiro atoms. The average molecular weight is 454 g/mol. The van der Waals surface area contributed by atoms with Gasteiger partial charge in [-0.05, 0) is 54.2 Å². The highest BCUT2D eigenvalue weighted by Gasteiger charge is 2.39. The van der Waals surface area contributed by atoms with Crippen molar-refractivity contribution < 1.29 is 14.3 Å². The van der Waals surface area contributed by atoms with Crippen LogP contribution in [0.1, 0.15) is 44.7 Å². The van der Waals surface area contributed by atoms with Gasteiger partial charge in [-0.25, -0.2) is 0 Å². The summed E-state index contributed by atoms with van der Waals surface area (Å²) in [6.45, 7) is 13.1. The lowest BCUT2D eigenvalue weighted by Crippen LogP contribution is -2.47. The Labute approximate surface area is 194 Å². The van der Waals surface area contributed by atoms with Gasteiger partial charge in [0.05, 0.1) is 12.1 Å². The first-order chi connectivity index (χ1) is 15.0. The van der Waals surface area contributed by atoms with Crippen molar-refractivity contribution in [2.75, 3.05) is 19.6 Å². The molecule has 32 heavy (non-hydrogen) atoms. The highest BCUT2D eigenvalue weighted by Crippen LogP contribution is 2.37. The molecule has 0 atom stereocenters. The molecule has 2 aromatic carbocycles. The van der Waals surface area contributed by atoms with E-state index in [-0.39, 0.29) is 10.8 Å². The highest BCUT2D eigenvalue weighted by molar-refractivity contribution is 6.74. The number of Topliss-reactive ketones (excluding diaryl/α,β-unsaturated/α-hetero) is 1. The predicted molar refractivity (Wildman–Crippen MR) is 134 cm³/mol. The Morgan fingerprint density at radius 1 is 1.00 bits per heavy atom. The minimum absolute atomic E-state index is 0.156. The van der Waals surface area contributed by atoms with Gasteiger partial charge in [0.2, 0.25) is 8.32 Å². The lowest BCUT2D eigenvalue weighted by Gasteiger charge is -2.38. The van der Waals surface area contributed by atoms with Crippen molar-refractivity contribution in [3.63, 3.8) is 0 Å². The first-order valence-electron chi connectivity index (χ1n) is 11.7. The van der Waals surface area contributed by atoms with E-state index in [1.54, 1.807) is 0 Å². The van der Waals surface area contributed by atoms with Crippen LogP contribution in [-0.4, -0.2) is 49.3 Å². The van der Waals surface area contributed by atoms with E-state index >= 15 is 0 Å². The number of carbonyl (C=O) groups is 1. The van der Waals surface area contributed by atoms with Crippen LogP contribution < -0.4 is 4.43 Å². The number of hydrogen-bond donors (Lipinski definition) is 1. The molecular formula is C27H39NO3Si. The molecule has 1 fully saturated rings. The van der Waals surface area contributed by atoms with Gasteiger partial charge in [-0.15, -0.1) is 0 Å². The molecule has 1 heterocycles. The first-order valence-corrected chi connectivity index (χ1v) is 14.6. The molecule has 1 aliphatic rings. The normalized spacial score (nSPS) is 17.2. The third-order valence-electron chi connectivity index (χ3n) is 7.07. The second-order valence-electron chi connectivity index (χ2n) is 10.9. The van der Waals surface area contributed by atoms with Crippen molar-refractivity contribution in [1.29, 1.82) is 0 Å². The molecule has 1 aliphatic heterocycles. The number of likely N-dealkylation sites (tertiary alicyclic amines) is 1. The quantitative estimate of drug-likeness (QED) is 0.555. The fourth-order valence-electron chi connectivity index (χ4n) is 3.94. The summed E-state index contributed by atoms with van der Waals surface area (Å²) >= 11 is 0. The average Bonchev–Trinajstić information content (AvgIpc) is 2.71. The Kier molecular flexibility index (Phi) is 7.64. The summed E-state index contributed by atoms with van der Waals surface area (Å²) in [5.41, 5.74) is 1.52. The van der Waals surface area contributed by atoms with Crippen LogP contribution in [0.25, 0.3) is 0 Å². The summed E-state index contributed by atoms with van der Waals surface area (Å²) in [5.74, 6) is 1.11. The summed E-state index contributed by atoms with van der Waals surface area (Å²) < 4.78 is 6.33. The van der Waals surface area contributed by atoms with Crippen LogP contribution in [0.2, 0.25) is 18.1 Å². The Morgan fingerprint density at radius 2 is 1.59 bits per heavy atom. The number of aliphatic hydroxyl groups is 1. The topological polar surface area (TPSA) is 49.8 Å². The van der Waals surface area contributed by atoms with Crippen molar-refractivity contribution in [3.05, 3.63) is 65.7 Å². The third kappa shape index (κ3) is 6.77. The summed E-state index contributed by atoms with van der Waals surface area (Å²) in [6, 6.07) is 18.2. The molecule has 2 aromatic rings. The van der Waals surface area contributed by atoms with Crippen LogP contribution in [0, 0.1) is 0 Å². The number of benzene rings is 2. The van der Waals surface area contributed by atoms with Crippen molar-refractivity contribution in [1.82, 2.24) is 4.90 Å². The smallest absolute Gasteiger partial charge is 0.250 e. The van der Waals surface area contributed by atoms with Crippen LogP contribution in [-0.2, 0) is 17.6 Å². The summed E-state index contributed by atoms with van der Waals surface area (Å²) in [4.78, 5) is 14.8. The van der Waals surface area contributed by atoms with E-state index < -0.39 is 13.9 Å². The van der Waals surface area contributed by atoms with Crippen molar-refractivity contribution >= 4 is 14.1 Å². The Morgan fingerprint density at radius 3 is 2.16 bits per heavy atom. The number of rotatable bonds is 8.